The van der Waals surface area contributed by atoms with Gasteiger partial charge in [-0.05, 0) is 75.4 Å². The number of anilines is 2. The number of benzene rings is 3. The number of hydrogen-bond acceptors (Lipinski definition) is 3. The Hall–Kier alpha value is -3.11. The molecule has 1 heterocycles. The van der Waals surface area contributed by atoms with Crippen LogP contribution in [0.4, 0.5) is 11.4 Å². The quantitative estimate of drug-likeness (QED) is 0.556. The van der Waals surface area contributed by atoms with Crippen molar-refractivity contribution >= 4 is 17.3 Å². The van der Waals surface area contributed by atoms with E-state index >= 15 is 0 Å². The number of nitrogens with two attached hydrogens (primary N) is 1. The van der Waals surface area contributed by atoms with Gasteiger partial charge in [0.2, 0.25) is 0 Å². The van der Waals surface area contributed by atoms with E-state index in [2.05, 4.69) is 54.4 Å². The van der Waals surface area contributed by atoms with Crippen LogP contribution < -0.4 is 16.0 Å². The average molecular weight is 428 g/mol. The summed E-state index contributed by atoms with van der Waals surface area (Å²) >= 11 is 0. The standard InChI is InChI=1S/C28H33N3O/c1-18-12-19(2)15-22(14-18)25-6-5-7-26(27(25)31-10-8-23(29)9-11-31)28(32)30-24-16-20(3)13-21(4)17-24/h5-7,12-17,23H,8-11,29H2,1-4H3,(H,30,32). The molecule has 0 radical (unpaired) electrons. The molecule has 4 nitrogen and oxygen atoms in total. The third-order valence-corrected chi connectivity index (χ3v) is 6.15. The van der Waals surface area contributed by atoms with Crippen LogP contribution >= 0.6 is 0 Å². The zero-order valence-corrected chi connectivity index (χ0v) is 19.5. The van der Waals surface area contributed by atoms with E-state index in [9.17, 15) is 4.79 Å². The highest BCUT2D eigenvalue weighted by molar-refractivity contribution is 6.10. The molecule has 1 amide bonds. The predicted molar refractivity (Wildman–Crippen MR) is 135 cm³/mol. The molecule has 0 bridgehead atoms. The van der Waals surface area contributed by atoms with Gasteiger partial charge in [0.05, 0.1) is 11.3 Å². The maximum atomic E-state index is 13.5. The summed E-state index contributed by atoms with van der Waals surface area (Å²) in [4.78, 5) is 15.9. The van der Waals surface area contributed by atoms with Crippen molar-refractivity contribution in [1.29, 1.82) is 0 Å². The van der Waals surface area contributed by atoms with Gasteiger partial charge in [-0.25, -0.2) is 0 Å². The fourth-order valence-electron chi connectivity index (χ4n) is 4.80. The number of rotatable bonds is 4. The first kappa shape index (κ1) is 22.1. The van der Waals surface area contributed by atoms with Gasteiger partial charge in [-0.15, -0.1) is 0 Å². The molecule has 1 aliphatic rings. The van der Waals surface area contributed by atoms with Gasteiger partial charge >= 0.3 is 0 Å². The van der Waals surface area contributed by atoms with E-state index in [0.717, 1.165) is 59.6 Å². The van der Waals surface area contributed by atoms with Gasteiger partial charge in [-0.2, -0.15) is 0 Å². The Kier molecular flexibility index (Phi) is 6.33. The zero-order chi connectivity index (χ0) is 22.8. The summed E-state index contributed by atoms with van der Waals surface area (Å²) in [6.45, 7) is 10.0. The Labute approximate surface area is 191 Å². The monoisotopic (exact) mass is 427 g/mol. The Balaban J connectivity index is 1.80. The molecule has 1 fully saturated rings. The maximum Gasteiger partial charge on any atom is 0.257 e. The van der Waals surface area contributed by atoms with E-state index in [4.69, 9.17) is 5.73 Å². The van der Waals surface area contributed by atoms with Crippen LogP contribution in [0.25, 0.3) is 11.1 Å². The van der Waals surface area contributed by atoms with E-state index in [1.807, 2.05) is 38.1 Å². The van der Waals surface area contributed by atoms with Gasteiger partial charge < -0.3 is 16.0 Å². The van der Waals surface area contributed by atoms with Crippen LogP contribution in [0.2, 0.25) is 0 Å². The Morgan fingerprint density at radius 1 is 0.875 bits per heavy atom. The molecular weight excluding hydrogens is 394 g/mol. The molecular formula is C28H33N3O. The first-order valence-corrected chi connectivity index (χ1v) is 11.4. The third kappa shape index (κ3) is 4.86. The number of amides is 1. The highest BCUT2D eigenvalue weighted by Crippen LogP contribution is 2.37. The lowest BCUT2D eigenvalue weighted by Crippen LogP contribution is -2.40. The van der Waals surface area contributed by atoms with Crippen molar-refractivity contribution in [2.75, 3.05) is 23.3 Å². The molecule has 1 saturated heterocycles. The molecule has 4 heteroatoms. The van der Waals surface area contributed by atoms with Crippen LogP contribution in [0.1, 0.15) is 45.5 Å². The summed E-state index contributed by atoms with van der Waals surface area (Å²) in [6, 6.07) is 19.0. The predicted octanol–water partition coefficient (Wildman–Crippen LogP) is 5.77. The summed E-state index contributed by atoms with van der Waals surface area (Å²) in [5.74, 6) is -0.0777. The van der Waals surface area contributed by atoms with Gasteiger partial charge in [0, 0.05) is 30.4 Å². The minimum atomic E-state index is -0.0777. The van der Waals surface area contributed by atoms with Crippen molar-refractivity contribution in [2.45, 2.75) is 46.6 Å². The zero-order valence-electron chi connectivity index (χ0n) is 19.5. The molecule has 0 aromatic heterocycles. The molecule has 0 unspecified atom stereocenters. The first-order chi connectivity index (χ1) is 15.3. The molecule has 0 aliphatic carbocycles. The molecule has 0 saturated carbocycles. The molecule has 3 aromatic rings. The number of hydrogen-bond donors (Lipinski definition) is 2. The molecule has 3 aromatic carbocycles. The molecule has 1 aliphatic heterocycles. The number of aryl methyl sites for hydroxylation is 4. The molecule has 166 valence electrons. The Morgan fingerprint density at radius 3 is 2.03 bits per heavy atom. The maximum absolute atomic E-state index is 13.5. The second-order valence-corrected chi connectivity index (χ2v) is 9.23. The van der Waals surface area contributed by atoms with E-state index in [0.29, 0.717) is 5.56 Å². The minimum Gasteiger partial charge on any atom is -0.370 e. The lowest BCUT2D eigenvalue weighted by Gasteiger charge is -2.34. The molecule has 3 N–H and O–H groups in total. The number of carbonyl (C=O) groups excluding carboxylic acids is 1. The fourth-order valence-corrected chi connectivity index (χ4v) is 4.80. The minimum absolute atomic E-state index is 0.0777. The van der Waals surface area contributed by atoms with Crippen LogP contribution in [0, 0.1) is 27.7 Å². The third-order valence-electron chi connectivity index (χ3n) is 6.15. The number of carbonyl (C=O) groups is 1. The number of para-hydroxylation sites is 1. The largest absolute Gasteiger partial charge is 0.370 e. The van der Waals surface area contributed by atoms with Crippen molar-refractivity contribution < 1.29 is 4.79 Å². The van der Waals surface area contributed by atoms with E-state index in [-0.39, 0.29) is 11.9 Å². The molecule has 0 atom stereocenters. The van der Waals surface area contributed by atoms with E-state index < -0.39 is 0 Å². The van der Waals surface area contributed by atoms with Crippen LogP contribution in [-0.4, -0.2) is 25.0 Å². The van der Waals surface area contributed by atoms with Gasteiger partial charge in [-0.3, -0.25) is 4.79 Å². The topological polar surface area (TPSA) is 58.4 Å². The van der Waals surface area contributed by atoms with Crippen molar-refractivity contribution in [2.24, 2.45) is 5.73 Å². The van der Waals surface area contributed by atoms with Crippen LogP contribution in [0.3, 0.4) is 0 Å². The summed E-state index contributed by atoms with van der Waals surface area (Å²) in [5.41, 5.74) is 15.7. The van der Waals surface area contributed by atoms with Crippen LogP contribution in [0.5, 0.6) is 0 Å². The normalized spacial score (nSPS) is 14.5. The van der Waals surface area contributed by atoms with Gasteiger partial charge in [-0.1, -0.05) is 47.5 Å². The second kappa shape index (κ2) is 9.17. The summed E-state index contributed by atoms with van der Waals surface area (Å²) in [5, 5.41) is 3.14. The Morgan fingerprint density at radius 2 is 1.44 bits per heavy atom. The van der Waals surface area contributed by atoms with Gasteiger partial charge in [0.25, 0.3) is 5.91 Å². The lowest BCUT2D eigenvalue weighted by molar-refractivity contribution is 0.102. The fraction of sp³-hybridized carbons (Fsp3) is 0.321. The summed E-state index contributed by atoms with van der Waals surface area (Å²) < 4.78 is 0. The van der Waals surface area contributed by atoms with E-state index in [1.54, 1.807) is 0 Å². The molecule has 0 spiro atoms. The van der Waals surface area contributed by atoms with Gasteiger partial charge in [0.15, 0.2) is 0 Å². The smallest absolute Gasteiger partial charge is 0.257 e. The van der Waals surface area contributed by atoms with Crippen molar-refractivity contribution in [3.05, 3.63) is 82.4 Å². The number of nitrogens with one attached hydrogen (secondary N) is 1. The number of piperidine rings is 1. The van der Waals surface area contributed by atoms with Crippen LogP contribution in [-0.2, 0) is 0 Å². The van der Waals surface area contributed by atoms with Gasteiger partial charge in [0.1, 0.15) is 0 Å². The molecule has 32 heavy (non-hydrogen) atoms. The Bertz CT molecular complexity index is 1100. The van der Waals surface area contributed by atoms with Crippen molar-refractivity contribution in [3.8, 4) is 11.1 Å². The first-order valence-electron chi connectivity index (χ1n) is 11.4. The summed E-state index contributed by atoms with van der Waals surface area (Å²) in [7, 11) is 0. The van der Waals surface area contributed by atoms with Crippen molar-refractivity contribution in [3.63, 3.8) is 0 Å². The SMILES string of the molecule is Cc1cc(C)cc(NC(=O)c2cccc(-c3cc(C)cc(C)c3)c2N2CCC(N)CC2)c1. The van der Waals surface area contributed by atoms with Crippen molar-refractivity contribution in [1.82, 2.24) is 0 Å². The second-order valence-electron chi connectivity index (χ2n) is 9.23. The highest BCUT2D eigenvalue weighted by atomic mass is 16.1. The van der Waals surface area contributed by atoms with Crippen LogP contribution in [0.15, 0.2) is 54.6 Å². The molecule has 4 rings (SSSR count). The lowest BCUT2D eigenvalue weighted by atomic mass is 9.94. The highest BCUT2D eigenvalue weighted by Gasteiger charge is 2.25. The van der Waals surface area contributed by atoms with E-state index in [1.165, 1.54) is 11.1 Å². The average Bonchev–Trinajstić information content (AvgIpc) is 2.72. The summed E-state index contributed by atoms with van der Waals surface area (Å²) in [6.07, 6.45) is 1.86. The number of nitrogens with zero attached hydrogens (tertiary/aromatic N) is 1.